The Morgan fingerprint density at radius 3 is 1.80 bits per heavy atom. The third-order valence-corrected chi connectivity index (χ3v) is 7.00. The largest absolute Gasteiger partial charge is 0.496 e. The van der Waals surface area contributed by atoms with Gasteiger partial charge in [-0.15, -0.1) is 0 Å². The molecule has 0 N–H and O–H groups in total. The maximum absolute atomic E-state index is 11.6. The molecule has 11 heteroatoms. The quantitative estimate of drug-likeness (QED) is 0.361. The normalized spacial score (nSPS) is 16.0. The molecular weight excluding hydrogens is 447 g/mol. The molecule has 1 saturated heterocycles. The van der Waals surface area contributed by atoms with Crippen molar-refractivity contribution in [1.29, 1.82) is 0 Å². The van der Waals surface area contributed by atoms with Gasteiger partial charge < -0.3 is 4.74 Å². The monoisotopic (exact) mass is 465 g/mol. The van der Waals surface area contributed by atoms with Gasteiger partial charge in [0.15, 0.2) is 4.90 Å². The number of hydrogen-bond donors (Lipinski definition) is 0. The molecule has 0 spiro atoms. The Labute approximate surface area is 169 Å². The van der Waals surface area contributed by atoms with E-state index in [-0.39, 0.29) is 0 Å². The number of hydrogen-bond acceptors (Lipinski definition) is 1. The molecule has 0 aromatic heterocycles. The minimum absolute atomic E-state index is 0.469. The van der Waals surface area contributed by atoms with Crippen LogP contribution in [-0.4, -0.2) is 43.1 Å². The molecule has 0 saturated carbocycles. The third kappa shape index (κ3) is 4.76. The van der Waals surface area contributed by atoms with Crippen LogP contribution in [0.25, 0.3) is 10.8 Å². The first-order valence-electron chi connectivity index (χ1n) is 8.68. The fraction of sp³-hybridized carbons (Fsp3) is 0.474. The van der Waals surface area contributed by atoms with E-state index in [1.165, 1.54) is 35.1 Å². The van der Waals surface area contributed by atoms with E-state index in [9.17, 15) is 39.5 Å². The molecule has 2 aromatic carbocycles. The average Bonchev–Trinajstić information content (AvgIpc) is 3.21. The van der Waals surface area contributed by atoms with E-state index in [0.29, 0.717) is 10.9 Å². The van der Waals surface area contributed by atoms with E-state index in [1.807, 2.05) is 0 Å². The molecule has 1 heterocycles. The first-order valence-corrected chi connectivity index (χ1v) is 10.2. The highest BCUT2D eigenvalue weighted by Gasteiger charge is 2.76. The smallest absolute Gasteiger partial charge is 0.460 e. The SMILES string of the molecule is COc1ccc([S+]2CCCC2)c2ccccc12.FC(F)C(F)(F)C(F)(F)C(F)(F)F. The molecular formula is C19H18F9OS+. The first-order chi connectivity index (χ1) is 13.8. The van der Waals surface area contributed by atoms with E-state index in [2.05, 4.69) is 36.4 Å². The van der Waals surface area contributed by atoms with Crippen molar-refractivity contribution in [2.24, 2.45) is 0 Å². The zero-order valence-corrected chi connectivity index (χ0v) is 16.4. The average molecular weight is 465 g/mol. The highest BCUT2D eigenvalue weighted by atomic mass is 32.2. The predicted octanol–water partition coefficient (Wildman–Crippen LogP) is 6.70. The summed E-state index contributed by atoms with van der Waals surface area (Å²) in [5, 5.41) is 2.64. The Hall–Kier alpha value is -1.78. The molecule has 0 unspecified atom stereocenters. The van der Waals surface area contributed by atoms with Crippen LogP contribution < -0.4 is 4.74 Å². The molecule has 0 bridgehead atoms. The van der Waals surface area contributed by atoms with Gasteiger partial charge in [0.2, 0.25) is 0 Å². The highest BCUT2D eigenvalue weighted by Crippen LogP contribution is 2.48. The van der Waals surface area contributed by atoms with Crippen molar-refractivity contribution in [3.63, 3.8) is 0 Å². The summed E-state index contributed by atoms with van der Waals surface area (Å²) in [7, 11) is 2.22. The summed E-state index contributed by atoms with van der Waals surface area (Å²) in [6.45, 7) is 0. The van der Waals surface area contributed by atoms with Crippen LogP contribution in [0, 0.1) is 0 Å². The van der Waals surface area contributed by atoms with Crippen LogP contribution in [0.4, 0.5) is 39.5 Å². The van der Waals surface area contributed by atoms with Gasteiger partial charge in [-0.3, -0.25) is 0 Å². The predicted molar refractivity (Wildman–Crippen MR) is 97.1 cm³/mol. The number of halogens is 9. The second kappa shape index (κ2) is 9.15. The number of methoxy groups -OCH3 is 1. The molecule has 168 valence electrons. The lowest BCUT2D eigenvalue weighted by Gasteiger charge is -2.27. The number of rotatable bonds is 4. The minimum atomic E-state index is -6.73. The Bertz CT molecular complexity index is 846. The van der Waals surface area contributed by atoms with E-state index in [1.54, 1.807) is 12.0 Å². The number of fused-ring (bicyclic) bond motifs is 1. The molecule has 1 nitrogen and oxygen atoms in total. The van der Waals surface area contributed by atoms with Crippen molar-refractivity contribution in [3.05, 3.63) is 36.4 Å². The van der Waals surface area contributed by atoms with Gasteiger partial charge in [0.1, 0.15) is 17.3 Å². The van der Waals surface area contributed by atoms with Gasteiger partial charge in [0.05, 0.1) is 7.11 Å². The fourth-order valence-electron chi connectivity index (χ4n) is 2.87. The summed E-state index contributed by atoms with van der Waals surface area (Å²) in [6.07, 6.45) is -9.00. The molecule has 0 radical (unpaired) electrons. The van der Waals surface area contributed by atoms with Gasteiger partial charge in [-0.25, -0.2) is 8.78 Å². The molecule has 2 aromatic rings. The van der Waals surface area contributed by atoms with Crippen molar-refractivity contribution in [2.75, 3.05) is 18.6 Å². The second-order valence-electron chi connectivity index (χ2n) is 6.42. The van der Waals surface area contributed by atoms with Gasteiger partial charge in [-0.05, 0) is 31.0 Å². The van der Waals surface area contributed by atoms with E-state index < -0.39 is 24.4 Å². The van der Waals surface area contributed by atoms with Crippen LogP contribution >= 0.6 is 0 Å². The van der Waals surface area contributed by atoms with Crippen LogP contribution in [0.1, 0.15) is 12.8 Å². The van der Waals surface area contributed by atoms with Crippen LogP contribution in [0.2, 0.25) is 0 Å². The topological polar surface area (TPSA) is 9.23 Å². The Morgan fingerprint density at radius 2 is 1.37 bits per heavy atom. The Balaban J connectivity index is 0.000000224. The molecule has 1 aliphatic rings. The molecule has 3 rings (SSSR count). The van der Waals surface area contributed by atoms with Crippen molar-refractivity contribution >= 4 is 21.7 Å². The first kappa shape index (κ1) is 24.5. The maximum atomic E-state index is 11.6. The summed E-state index contributed by atoms with van der Waals surface area (Å²) in [6, 6.07) is 13.0. The lowest BCUT2D eigenvalue weighted by molar-refractivity contribution is -0.375. The highest BCUT2D eigenvalue weighted by molar-refractivity contribution is 7.97. The van der Waals surface area contributed by atoms with Gasteiger partial charge in [0.25, 0.3) is 0 Å². The van der Waals surface area contributed by atoms with E-state index in [0.717, 1.165) is 5.75 Å². The zero-order chi connectivity index (χ0) is 22.7. The third-order valence-electron chi connectivity index (χ3n) is 4.46. The summed E-state index contributed by atoms with van der Waals surface area (Å²) < 4.78 is 107. The summed E-state index contributed by atoms with van der Waals surface area (Å²) >= 11 is 0. The molecule has 1 aliphatic heterocycles. The van der Waals surface area contributed by atoms with Crippen molar-refractivity contribution < 1.29 is 44.3 Å². The minimum Gasteiger partial charge on any atom is -0.496 e. The molecule has 0 atom stereocenters. The molecule has 1 fully saturated rings. The summed E-state index contributed by atoms with van der Waals surface area (Å²) in [4.78, 5) is 1.54. The van der Waals surface area contributed by atoms with Gasteiger partial charge >= 0.3 is 24.4 Å². The van der Waals surface area contributed by atoms with Gasteiger partial charge in [-0.2, -0.15) is 30.7 Å². The van der Waals surface area contributed by atoms with Crippen LogP contribution in [0.15, 0.2) is 41.3 Å². The number of benzene rings is 2. The number of ether oxygens (including phenoxy) is 1. The summed E-state index contributed by atoms with van der Waals surface area (Å²) in [5.41, 5.74) is 0. The van der Waals surface area contributed by atoms with Crippen molar-refractivity contribution in [2.45, 2.75) is 42.2 Å². The fourth-order valence-corrected chi connectivity index (χ4v) is 5.37. The molecule has 0 amide bonds. The second-order valence-corrected chi connectivity index (χ2v) is 8.66. The van der Waals surface area contributed by atoms with E-state index in [4.69, 9.17) is 4.74 Å². The standard InChI is InChI=1S/C15H17OS.C4HF9/c1-16-14-8-9-15(17-10-4-5-11-17)13-7-3-2-6-12(13)14;5-1(6)2(7,8)3(9,10)4(11,12)13/h2-3,6-9H,4-5,10-11H2,1H3;1H/q+1;. The van der Waals surface area contributed by atoms with Crippen molar-refractivity contribution in [1.82, 2.24) is 0 Å². The van der Waals surface area contributed by atoms with Crippen LogP contribution in [-0.2, 0) is 10.9 Å². The Morgan fingerprint density at radius 1 is 0.833 bits per heavy atom. The lowest BCUT2D eigenvalue weighted by atomic mass is 10.1. The lowest BCUT2D eigenvalue weighted by Crippen LogP contribution is -2.55. The maximum Gasteiger partial charge on any atom is 0.460 e. The zero-order valence-electron chi connectivity index (χ0n) is 15.6. The van der Waals surface area contributed by atoms with Crippen molar-refractivity contribution in [3.8, 4) is 5.75 Å². The summed E-state index contributed by atoms with van der Waals surface area (Å²) in [5.74, 6) is -9.40. The number of alkyl halides is 9. The van der Waals surface area contributed by atoms with Gasteiger partial charge in [0, 0.05) is 21.7 Å². The van der Waals surface area contributed by atoms with E-state index >= 15 is 0 Å². The van der Waals surface area contributed by atoms with Crippen LogP contribution in [0.3, 0.4) is 0 Å². The van der Waals surface area contributed by atoms with Gasteiger partial charge in [-0.1, -0.05) is 18.2 Å². The molecule has 0 aliphatic carbocycles. The molecule has 30 heavy (non-hydrogen) atoms. The Kier molecular flexibility index (Phi) is 7.47. The van der Waals surface area contributed by atoms with Crippen LogP contribution in [0.5, 0.6) is 5.75 Å².